The van der Waals surface area contributed by atoms with Gasteiger partial charge in [-0.25, -0.2) is 4.79 Å². The highest BCUT2D eigenvalue weighted by molar-refractivity contribution is 5.75. The van der Waals surface area contributed by atoms with E-state index in [4.69, 9.17) is 4.52 Å². The molecule has 118 valence electrons. The number of urea groups is 1. The van der Waals surface area contributed by atoms with Gasteiger partial charge in [0.2, 0.25) is 0 Å². The minimum atomic E-state index is 0.0206. The third-order valence-electron chi connectivity index (χ3n) is 3.97. The van der Waals surface area contributed by atoms with Crippen molar-refractivity contribution in [2.45, 2.75) is 58.9 Å². The first-order chi connectivity index (χ1) is 9.99. The van der Waals surface area contributed by atoms with Crippen LogP contribution in [0.25, 0.3) is 0 Å². The van der Waals surface area contributed by atoms with Crippen LogP contribution in [0.2, 0.25) is 0 Å². The van der Waals surface area contributed by atoms with Crippen LogP contribution in [0.5, 0.6) is 0 Å². The Morgan fingerprint density at radius 1 is 1.48 bits per heavy atom. The predicted molar refractivity (Wildman–Crippen MR) is 82.1 cm³/mol. The second-order valence-corrected chi connectivity index (χ2v) is 6.57. The Kier molecular flexibility index (Phi) is 5.26. The first-order valence-corrected chi connectivity index (χ1v) is 8.00. The van der Waals surface area contributed by atoms with E-state index in [2.05, 4.69) is 38.2 Å². The Labute approximate surface area is 127 Å². The summed E-state index contributed by atoms with van der Waals surface area (Å²) < 4.78 is 5.37. The molecule has 0 aromatic carbocycles. The molecule has 1 aliphatic rings. The van der Waals surface area contributed by atoms with Gasteiger partial charge >= 0.3 is 6.03 Å². The zero-order valence-electron chi connectivity index (χ0n) is 13.6. The van der Waals surface area contributed by atoms with E-state index in [1.54, 1.807) is 0 Å². The van der Waals surface area contributed by atoms with Crippen molar-refractivity contribution in [2.75, 3.05) is 13.1 Å². The van der Waals surface area contributed by atoms with Gasteiger partial charge in [-0.1, -0.05) is 32.9 Å². The number of hydrogen-bond acceptors (Lipinski definition) is 3. The lowest BCUT2D eigenvalue weighted by Crippen LogP contribution is -2.40. The third-order valence-corrected chi connectivity index (χ3v) is 3.97. The van der Waals surface area contributed by atoms with Crippen molar-refractivity contribution in [3.05, 3.63) is 17.5 Å². The number of nitrogens with zero attached hydrogens (tertiary/aromatic N) is 2. The van der Waals surface area contributed by atoms with Crippen molar-refractivity contribution in [1.82, 2.24) is 15.4 Å². The molecule has 1 aromatic rings. The van der Waals surface area contributed by atoms with Gasteiger partial charge in [-0.15, -0.1) is 0 Å². The lowest BCUT2D eigenvalue weighted by atomic mass is 10.1. The fourth-order valence-electron chi connectivity index (χ4n) is 2.62. The van der Waals surface area contributed by atoms with E-state index >= 15 is 0 Å². The van der Waals surface area contributed by atoms with E-state index in [0.717, 1.165) is 43.8 Å². The molecule has 5 nitrogen and oxygen atoms in total. The maximum atomic E-state index is 12.3. The topological polar surface area (TPSA) is 58.4 Å². The quantitative estimate of drug-likeness (QED) is 0.900. The van der Waals surface area contributed by atoms with Crippen LogP contribution in [0.1, 0.15) is 70.4 Å². The number of rotatable bonds is 5. The summed E-state index contributed by atoms with van der Waals surface area (Å²) in [4.78, 5) is 14.2. The summed E-state index contributed by atoms with van der Waals surface area (Å²) in [7, 11) is 0. The second-order valence-electron chi connectivity index (χ2n) is 6.57. The molecule has 1 aromatic heterocycles. The lowest BCUT2D eigenvalue weighted by Gasteiger charge is -2.23. The van der Waals surface area contributed by atoms with Crippen LogP contribution < -0.4 is 5.32 Å². The lowest BCUT2D eigenvalue weighted by molar-refractivity contribution is 0.190. The van der Waals surface area contributed by atoms with Gasteiger partial charge < -0.3 is 14.7 Å². The minimum Gasteiger partial charge on any atom is -0.361 e. The first kappa shape index (κ1) is 15.9. The van der Waals surface area contributed by atoms with E-state index in [1.807, 2.05) is 11.0 Å². The van der Waals surface area contributed by atoms with Crippen molar-refractivity contribution in [2.24, 2.45) is 5.92 Å². The van der Waals surface area contributed by atoms with Crippen molar-refractivity contribution in [3.8, 4) is 0 Å². The second kappa shape index (κ2) is 6.96. The van der Waals surface area contributed by atoms with Crippen molar-refractivity contribution in [1.29, 1.82) is 0 Å². The summed E-state index contributed by atoms with van der Waals surface area (Å²) in [5, 5.41) is 7.18. The number of hydrogen-bond donors (Lipinski definition) is 1. The average Bonchev–Trinajstić information content (AvgIpc) is 3.06. The molecule has 2 heterocycles. The number of aromatic nitrogens is 1. The molecule has 21 heavy (non-hydrogen) atoms. The molecule has 1 fully saturated rings. The summed E-state index contributed by atoms with van der Waals surface area (Å²) in [5.41, 5.74) is 0.884. The third kappa shape index (κ3) is 3.99. The Morgan fingerprint density at radius 3 is 2.86 bits per heavy atom. The van der Waals surface area contributed by atoms with Crippen LogP contribution in [0.15, 0.2) is 10.6 Å². The zero-order chi connectivity index (χ0) is 15.4. The van der Waals surface area contributed by atoms with E-state index in [9.17, 15) is 4.79 Å². The Balaban J connectivity index is 1.97. The zero-order valence-corrected chi connectivity index (χ0v) is 13.6. The molecular formula is C16H27N3O2. The molecule has 2 rings (SSSR count). The SMILES string of the molecule is CC(C)CCNC(=O)N1CCCC1c1cc(C(C)C)on1. The number of likely N-dealkylation sites (tertiary alicyclic amines) is 1. The molecule has 1 N–H and O–H groups in total. The summed E-state index contributed by atoms with van der Waals surface area (Å²) >= 11 is 0. The van der Waals surface area contributed by atoms with Gasteiger partial charge in [0.25, 0.3) is 0 Å². The smallest absolute Gasteiger partial charge is 0.317 e. The van der Waals surface area contributed by atoms with E-state index in [1.165, 1.54) is 0 Å². The monoisotopic (exact) mass is 293 g/mol. The fraction of sp³-hybridized carbons (Fsp3) is 0.750. The van der Waals surface area contributed by atoms with Crippen LogP contribution in [-0.4, -0.2) is 29.2 Å². The molecule has 1 unspecified atom stereocenters. The van der Waals surface area contributed by atoms with Crippen molar-refractivity contribution < 1.29 is 9.32 Å². The molecule has 1 saturated heterocycles. The Bertz CT molecular complexity index is 468. The number of nitrogens with one attached hydrogen (secondary N) is 1. The fourth-order valence-corrected chi connectivity index (χ4v) is 2.62. The Morgan fingerprint density at radius 2 is 2.24 bits per heavy atom. The Hall–Kier alpha value is -1.52. The molecule has 0 spiro atoms. The molecular weight excluding hydrogens is 266 g/mol. The number of carbonyl (C=O) groups excluding carboxylic acids is 1. The van der Waals surface area contributed by atoms with Crippen LogP contribution in [0.3, 0.4) is 0 Å². The molecule has 0 radical (unpaired) electrons. The molecule has 0 aliphatic carbocycles. The highest BCUT2D eigenvalue weighted by Gasteiger charge is 2.32. The first-order valence-electron chi connectivity index (χ1n) is 8.00. The standard InChI is InChI=1S/C16H27N3O2/c1-11(2)7-8-17-16(20)19-9-5-6-14(19)13-10-15(12(3)4)21-18-13/h10-12,14H,5-9H2,1-4H3,(H,17,20). The largest absolute Gasteiger partial charge is 0.361 e. The summed E-state index contributed by atoms with van der Waals surface area (Å²) in [6, 6.07) is 2.07. The van der Waals surface area contributed by atoms with Gasteiger partial charge in [0.1, 0.15) is 11.5 Å². The van der Waals surface area contributed by atoms with E-state index < -0.39 is 0 Å². The van der Waals surface area contributed by atoms with Gasteiger partial charge in [-0.2, -0.15) is 0 Å². The maximum Gasteiger partial charge on any atom is 0.317 e. The highest BCUT2D eigenvalue weighted by atomic mass is 16.5. The summed E-state index contributed by atoms with van der Waals surface area (Å²) in [6.07, 6.45) is 2.99. The maximum absolute atomic E-state index is 12.3. The number of amides is 2. The number of carbonyl (C=O) groups is 1. The summed E-state index contributed by atoms with van der Waals surface area (Å²) in [6.45, 7) is 10.0. The van der Waals surface area contributed by atoms with Gasteiger partial charge in [0.05, 0.1) is 6.04 Å². The van der Waals surface area contributed by atoms with Crippen LogP contribution >= 0.6 is 0 Å². The van der Waals surface area contributed by atoms with Crippen LogP contribution in [-0.2, 0) is 0 Å². The van der Waals surface area contributed by atoms with E-state index in [-0.39, 0.29) is 12.1 Å². The van der Waals surface area contributed by atoms with Crippen LogP contribution in [0.4, 0.5) is 4.79 Å². The van der Waals surface area contributed by atoms with Crippen molar-refractivity contribution in [3.63, 3.8) is 0 Å². The molecule has 2 amide bonds. The summed E-state index contributed by atoms with van der Waals surface area (Å²) in [5.74, 6) is 1.81. The minimum absolute atomic E-state index is 0.0206. The van der Waals surface area contributed by atoms with Gasteiger partial charge in [-0.3, -0.25) is 0 Å². The van der Waals surface area contributed by atoms with Gasteiger partial charge in [0, 0.05) is 25.1 Å². The molecule has 1 atom stereocenters. The van der Waals surface area contributed by atoms with Crippen molar-refractivity contribution >= 4 is 6.03 Å². The normalized spacial score (nSPS) is 18.8. The molecule has 1 aliphatic heterocycles. The highest BCUT2D eigenvalue weighted by Crippen LogP contribution is 2.32. The molecule has 0 bridgehead atoms. The van der Waals surface area contributed by atoms with E-state index in [0.29, 0.717) is 11.8 Å². The van der Waals surface area contributed by atoms with Gasteiger partial charge in [0.15, 0.2) is 0 Å². The van der Waals surface area contributed by atoms with Gasteiger partial charge in [-0.05, 0) is 25.2 Å². The van der Waals surface area contributed by atoms with Crippen LogP contribution in [0, 0.1) is 5.92 Å². The molecule has 0 saturated carbocycles. The molecule has 5 heteroatoms. The predicted octanol–water partition coefficient (Wildman–Crippen LogP) is 3.69. The average molecular weight is 293 g/mol.